The van der Waals surface area contributed by atoms with Crippen LogP contribution < -0.4 is 14.8 Å². The maximum absolute atomic E-state index is 12.6. The predicted octanol–water partition coefficient (Wildman–Crippen LogP) is 3.71. The molecule has 1 aliphatic carbocycles. The van der Waals surface area contributed by atoms with E-state index in [1.54, 1.807) is 32.4 Å². The second kappa shape index (κ2) is 10.2. The Hall–Kier alpha value is -2.24. The van der Waals surface area contributed by atoms with Gasteiger partial charge in [-0.15, -0.1) is 0 Å². The Morgan fingerprint density at radius 3 is 2.37 bits per heavy atom. The van der Waals surface area contributed by atoms with Crippen LogP contribution in [0.25, 0.3) is 0 Å². The molecule has 0 atom stereocenters. The van der Waals surface area contributed by atoms with Crippen LogP contribution in [0, 0.1) is 11.8 Å². The fourth-order valence-corrected chi connectivity index (χ4v) is 3.56. The highest BCUT2D eigenvalue weighted by Gasteiger charge is 2.31. The smallest absolute Gasteiger partial charge is 0.227 e. The van der Waals surface area contributed by atoms with E-state index in [2.05, 4.69) is 12.2 Å². The number of amides is 2. The van der Waals surface area contributed by atoms with Crippen molar-refractivity contribution in [2.45, 2.75) is 45.4 Å². The molecule has 0 unspecified atom stereocenters. The van der Waals surface area contributed by atoms with Gasteiger partial charge in [0.2, 0.25) is 11.8 Å². The highest BCUT2D eigenvalue weighted by atomic mass is 16.5. The van der Waals surface area contributed by atoms with E-state index in [1.807, 2.05) is 11.9 Å². The minimum Gasteiger partial charge on any atom is -0.497 e. The molecule has 0 bridgehead atoms. The molecule has 0 saturated heterocycles. The van der Waals surface area contributed by atoms with Gasteiger partial charge in [0.15, 0.2) is 0 Å². The highest BCUT2D eigenvalue weighted by Crippen LogP contribution is 2.33. The maximum Gasteiger partial charge on any atom is 0.227 e. The lowest BCUT2D eigenvalue weighted by Crippen LogP contribution is -2.37. The quantitative estimate of drug-likeness (QED) is 0.751. The lowest BCUT2D eigenvalue weighted by atomic mass is 9.81. The summed E-state index contributed by atoms with van der Waals surface area (Å²) in [5.74, 6) is 1.44. The van der Waals surface area contributed by atoms with Crippen LogP contribution in [0.15, 0.2) is 18.2 Å². The lowest BCUT2D eigenvalue weighted by Gasteiger charge is -2.30. The molecule has 6 nitrogen and oxygen atoms in total. The number of methoxy groups -OCH3 is 2. The summed E-state index contributed by atoms with van der Waals surface area (Å²) >= 11 is 0. The van der Waals surface area contributed by atoms with Crippen LogP contribution >= 0.6 is 0 Å². The zero-order chi connectivity index (χ0) is 19.8. The number of nitrogens with zero attached hydrogens (tertiary/aromatic N) is 1. The topological polar surface area (TPSA) is 67.9 Å². The van der Waals surface area contributed by atoms with E-state index < -0.39 is 0 Å². The molecular formula is C21H32N2O4. The SMILES string of the molecule is CCCCN(C)C(=O)C1CCC(C(=O)Nc2ccc(OC)cc2OC)CC1. The van der Waals surface area contributed by atoms with Crippen molar-refractivity contribution < 1.29 is 19.1 Å². The first kappa shape index (κ1) is 21.1. The molecule has 1 aromatic carbocycles. The molecule has 2 amide bonds. The normalized spacial score (nSPS) is 19.3. The van der Waals surface area contributed by atoms with Gasteiger partial charge in [-0.3, -0.25) is 9.59 Å². The minimum absolute atomic E-state index is 0.0105. The number of anilines is 1. The molecule has 1 fully saturated rings. The standard InChI is InChI=1S/C21H32N2O4/c1-5-6-13-23(2)21(25)16-9-7-15(8-10-16)20(24)22-18-12-11-17(26-3)14-19(18)27-4/h11-12,14-16H,5-10,13H2,1-4H3,(H,22,24). The summed E-state index contributed by atoms with van der Waals surface area (Å²) < 4.78 is 10.5. The van der Waals surface area contributed by atoms with Crippen LogP contribution in [0.1, 0.15) is 45.4 Å². The molecule has 1 saturated carbocycles. The van der Waals surface area contributed by atoms with Gasteiger partial charge in [-0.05, 0) is 44.2 Å². The number of carbonyl (C=O) groups is 2. The molecule has 27 heavy (non-hydrogen) atoms. The van der Waals surface area contributed by atoms with E-state index >= 15 is 0 Å². The molecule has 1 aromatic rings. The van der Waals surface area contributed by atoms with E-state index in [1.165, 1.54) is 0 Å². The maximum atomic E-state index is 12.6. The van der Waals surface area contributed by atoms with Gasteiger partial charge in [0.25, 0.3) is 0 Å². The Kier molecular flexibility index (Phi) is 7.95. The summed E-state index contributed by atoms with van der Waals surface area (Å²) in [7, 11) is 5.04. The second-order valence-electron chi connectivity index (χ2n) is 7.22. The number of benzene rings is 1. The molecule has 0 spiro atoms. The van der Waals surface area contributed by atoms with Crippen LogP contribution in [0.5, 0.6) is 11.5 Å². The van der Waals surface area contributed by atoms with Crippen molar-refractivity contribution in [3.8, 4) is 11.5 Å². The van der Waals surface area contributed by atoms with Crippen LogP contribution in [0.3, 0.4) is 0 Å². The average Bonchev–Trinajstić information content (AvgIpc) is 2.71. The minimum atomic E-state index is -0.0678. The number of rotatable bonds is 8. The molecule has 0 heterocycles. The van der Waals surface area contributed by atoms with Gasteiger partial charge in [-0.1, -0.05) is 13.3 Å². The Morgan fingerprint density at radius 1 is 1.11 bits per heavy atom. The lowest BCUT2D eigenvalue weighted by molar-refractivity contribution is -0.136. The molecule has 1 N–H and O–H groups in total. The van der Waals surface area contributed by atoms with Crippen LogP contribution in [-0.4, -0.2) is 44.5 Å². The average molecular weight is 376 g/mol. The van der Waals surface area contributed by atoms with Gasteiger partial charge in [-0.2, -0.15) is 0 Å². The van der Waals surface area contributed by atoms with Crippen molar-refractivity contribution in [2.75, 3.05) is 33.1 Å². The van der Waals surface area contributed by atoms with Gasteiger partial charge in [0, 0.05) is 31.5 Å². The monoisotopic (exact) mass is 376 g/mol. The Morgan fingerprint density at radius 2 is 1.78 bits per heavy atom. The molecule has 2 rings (SSSR count). The van der Waals surface area contributed by atoms with Crippen LogP contribution in [0.2, 0.25) is 0 Å². The molecule has 150 valence electrons. The largest absolute Gasteiger partial charge is 0.497 e. The van der Waals surface area contributed by atoms with E-state index in [0.717, 1.165) is 45.1 Å². The third-order valence-corrected chi connectivity index (χ3v) is 5.34. The molecule has 1 aliphatic rings. The van der Waals surface area contributed by atoms with Crippen molar-refractivity contribution in [1.82, 2.24) is 4.90 Å². The Bertz CT molecular complexity index is 639. The number of carbonyl (C=O) groups excluding carboxylic acids is 2. The van der Waals surface area contributed by atoms with E-state index in [4.69, 9.17) is 9.47 Å². The third-order valence-electron chi connectivity index (χ3n) is 5.34. The number of unbranched alkanes of at least 4 members (excludes halogenated alkanes) is 1. The van der Waals surface area contributed by atoms with E-state index in [0.29, 0.717) is 17.2 Å². The molecular weight excluding hydrogens is 344 g/mol. The first-order valence-electron chi connectivity index (χ1n) is 9.78. The van der Waals surface area contributed by atoms with E-state index in [-0.39, 0.29) is 23.7 Å². The van der Waals surface area contributed by atoms with Crippen LogP contribution in [-0.2, 0) is 9.59 Å². The second-order valence-corrected chi connectivity index (χ2v) is 7.22. The fraction of sp³-hybridized carbons (Fsp3) is 0.619. The van der Waals surface area contributed by atoms with Gasteiger partial charge in [-0.25, -0.2) is 0 Å². The van der Waals surface area contributed by atoms with Gasteiger partial charge < -0.3 is 19.7 Å². The van der Waals surface area contributed by atoms with E-state index in [9.17, 15) is 9.59 Å². The van der Waals surface area contributed by atoms with Crippen molar-refractivity contribution >= 4 is 17.5 Å². The zero-order valence-electron chi connectivity index (χ0n) is 16.9. The first-order valence-corrected chi connectivity index (χ1v) is 9.78. The zero-order valence-corrected chi connectivity index (χ0v) is 16.9. The summed E-state index contributed by atoms with van der Waals surface area (Å²) in [6.45, 7) is 2.94. The van der Waals surface area contributed by atoms with Gasteiger partial charge >= 0.3 is 0 Å². The number of nitrogens with one attached hydrogen (secondary N) is 1. The van der Waals surface area contributed by atoms with Gasteiger partial charge in [0.05, 0.1) is 19.9 Å². The number of hydrogen-bond donors (Lipinski definition) is 1. The molecule has 0 radical (unpaired) electrons. The molecule has 6 heteroatoms. The number of ether oxygens (including phenoxy) is 2. The highest BCUT2D eigenvalue weighted by molar-refractivity contribution is 5.94. The fourth-order valence-electron chi connectivity index (χ4n) is 3.56. The van der Waals surface area contributed by atoms with Crippen molar-refractivity contribution in [3.63, 3.8) is 0 Å². The van der Waals surface area contributed by atoms with Crippen molar-refractivity contribution in [2.24, 2.45) is 11.8 Å². The predicted molar refractivity (Wildman–Crippen MR) is 106 cm³/mol. The third kappa shape index (κ3) is 5.62. The summed E-state index contributed by atoms with van der Waals surface area (Å²) in [5, 5.41) is 2.96. The Balaban J connectivity index is 1.89. The summed E-state index contributed by atoms with van der Waals surface area (Å²) in [6, 6.07) is 5.32. The first-order chi connectivity index (χ1) is 13.0. The van der Waals surface area contributed by atoms with Crippen molar-refractivity contribution in [3.05, 3.63) is 18.2 Å². The van der Waals surface area contributed by atoms with Gasteiger partial charge in [0.1, 0.15) is 11.5 Å². The molecule has 0 aliphatic heterocycles. The van der Waals surface area contributed by atoms with Crippen molar-refractivity contribution in [1.29, 1.82) is 0 Å². The summed E-state index contributed by atoms with van der Waals surface area (Å²) in [5.41, 5.74) is 0.640. The number of hydrogen-bond acceptors (Lipinski definition) is 4. The summed E-state index contributed by atoms with van der Waals surface area (Å²) in [6.07, 6.45) is 5.13. The summed E-state index contributed by atoms with van der Waals surface area (Å²) in [4.78, 5) is 27.0. The van der Waals surface area contributed by atoms with Crippen LogP contribution in [0.4, 0.5) is 5.69 Å². The molecule has 0 aromatic heterocycles. The Labute approximate surface area is 162 Å².